The second-order valence-electron chi connectivity index (χ2n) is 4.50. The molecular weight excluding hydrogens is 188 g/mol. The van der Waals surface area contributed by atoms with Crippen molar-refractivity contribution in [2.24, 2.45) is 0 Å². The van der Waals surface area contributed by atoms with Crippen molar-refractivity contribution in [1.82, 2.24) is 10.2 Å². The summed E-state index contributed by atoms with van der Waals surface area (Å²) in [4.78, 5) is 0. The van der Waals surface area contributed by atoms with E-state index in [1.54, 1.807) is 6.92 Å². The lowest BCUT2D eigenvalue weighted by molar-refractivity contribution is 0.253. The van der Waals surface area contributed by atoms with Crippen LogP contribution in [0.15, 0.2) is 12.1 Å². The van der Waals surface area contributed by atoms with Crippen LogP contribution < -0.4 is 0 Å². The van der Waals surface area contributed by atoms with E-state index in [1.807, 2.05) is 12.1 Å². The summed E-state index contributed by atoms with van der Waals surface area (Å²) < 4.78 is 0. The van der Waals surface area contributed by atoms with Crippen LogP contribution in [0.3, 0.4) is 0 Å². The van der Waals surface area contributed by atoms with Crippen molar-refractivity contribution in [3.63, 3.8) is 0 Å². The van der Waals surface area contributed by atoms with Gasteiger partial charge in [-0.3, -0.25) is 0 Å². The maximum atomic E-state index is 8.98. The quantitative estimate of drug-likeness (QED) is 0.651. The number of nitrogens with zero attached hydrogens (tertiary/aromatic N) is 2. The maximum absolute atomic E-state index is 8.98. The van der Waals surface area contributed by atoms with Crippen LogP contribution in [-0.2, 0) is 5.41 Å². The van der Waals surface area contributed by atoms with Gasteiger partial charge in [0, 0.05) is 5.41 Å². The van der Waals surface area contributed by atoms with E-state index in [-0.39, 0.29) is 5.41 Å². The van der Waals surface area contributed by atoms with Gasteiger partial charge in [0.05, 0.1) is 5.69 Å². The Labute approximate surface area is 90.6 Å². The lowest BCUT2D eigenvalue weighted by Crippen LogP contribution is -2.14. The summed E-state index contributed by atoms with van der Waals surface area (Å²) in [6, 6.07) is 3.74. The normalized spacial score (nSPS) is 12.9. The highest BCUT2D eigenvalue weighted by Crippen LogP contribution is 2.18. The van der Waals surface area contributed by atoms with Crippen molar-refractivity contribution in [3.8, 4) is 11.8 Å². The fourth-order valence-electron chi connectivity index (χ4n) is 0.977. The SMILES string of the molecule is C[C@@H](O)C#Cc1ccc(C(C)(C)C)nn1. The largest absolute Gasteiger partial charge is 0.381 e. The molecule has 0 saturated carbocycles. The Morgan fingerprint density at radius 2 is 1.93 bits per heavy atom. The van der Waals surface area contributed by atoms with E-state index in [1.165, 1.54) is 0 Å². The van der Waals surface area contributed by atoms with Gasteiger partial charge < -0.3 is 5.11 Å². The lowest BCUT2D eigenvalue weighted by Gasteiger charge is -2.15. The van der Waals surface area contributed by atoms with E-state index < -0.39 is 6.10 Å². The highest BCUT2D eigenvalue weighted by Gasteiger charge is 2.15. The third-order valence-electron chi connectivity index (χ3n) is 1.84. The predicted molar refractivity (Wildman–Crippen MR) is 59.3 cm³/mol. The molecule has 0 amide bonds. The van der Waals surface area contributed by atoms with E-state index in [4.69, 9.17) is 5.11 Å². The van der Waals surface area contributed by atoms with Crippen LogP contribution in [0.25, 0.3) is 0 Å². The maximum Gasteiger partial charge on any atom is 0.136 e. The number of hydrogen-bond acceptors (Lipinski definition) is 3. The number of hydrogen-bond donors (Lipinski definition) is 1. The molecule has 80 valence electrons. The van der Waals surface area contributed by atoms with Crippen LogP contribution >= 0.6 is 0 Å². The van der Waals surface area contributed by atoms with Gasteiger partial charge in [-0.1, -0.05) is 26.7 Å². The van der Waals surface area contributed by atoms with Gasteiger partial charge in [0.2, 0.25) is 0 Å². The number of rotatable bonds is 0. The molecule has 1 rings (SSSR count). The first-order valence-electron chi connectivity index (χ1n) is 4.93. The number of aliphatic hydroxyl groups excluding tert-OH is 1. The second kappa shape index (κ2) is 4.41. The molecule has 0 unspecified atom stereocenters. The molecule has 15 heavy (non-hydrogen) atoms. The van der Waals surface area contributed by atoms with E-state index in [0.29, 0.717) is 5.69 Å². The molecule has 0 radical (unpaired) electrons. The highest BCUT2D eigenvalue weighted by atomic mass is 16.3. The number of aromatic nitrogens is 2. The Balaban J connectivity index is 2.88. The summed E-state index contributed by atoms with van der Waals surface area (Å²) in [7, 11) is 0. The second-order valence-corrected chi connectivity index (χ2v) is 4.50. The first-order valence-corrected chi connectivity index (χ1v) is 4.93. The van der Waals surface area contributed by atoms with E-state index >= 15 is 0 Å². The summed E-state index contributed by atoms with van der Waals surface area (Å²) in [5, 5.41) is 17.1. The van der Waals surface area contributed by atoms with Gasteiger partial charge >= 0.3 is 0 Å². The summed E-state index contributed by atoms with van der Waals surface area (Å²) >= 11 is 0. The summed E-state index contributed by atoms with van der Waals surface area (Å²) in [6.07, 6.45) is -0.630. The first kappa shape index (κ1) is 11.7. The molecule has 0 spiro atoms. The minimum absolute atomic E-state index is 0.00320. The zero-order valence-corrected chi connectivity index (χ0v) is 9.57. The van der Waals surface area contributed by atoms with Gasteiger partial charge in [0.15, 0.2) is 0 Å². The molecule has 0 fully saturated rings. The molecule has 1 aromatic heterocycles. The Morgan fingerprint density at radius 1 is 1.27 bits per heavy atom. The van der Waals surface area contributed by atoms with Crippen molar-refractivity contribution in [1.29, 1.82) is 0 Å². The van der Waals surface area contributed by atoms with Crippen molar-refractivity contribution in [2.45, 2.75) is 39.2 Å². The monoisotopic (exact) mass is 204 g/mol. The molecule has 0 saturated heterocycles. The fourth-order valence-corrected chi connectivity index (χ4v) is 0.977. The zero-order chi connectivity index (χ0) is 11.5. The van der Waals surface area contributed by atoms with Gasteiger partial charge in [-0.05, 0) is 25.0 Å². The van der Waals surface area contributed by atoms with Gasteiger partial charge in [-0.15, -0.1) is 5.10 Å². The van der Waals surface area contributed by atoms with E-state index in [9.17, 15) is 0 Å². The minimum atomic E-state index is -0.630. The molecule has 0 aliphatic carbocycles. The van der Waals surface area contributed by atoms with E-state index in [2.05, 4.69) is 42.8 Å². The fraction of sp³-hybridized carbons (Fsp3) is 0.500. The van der Waals surface area contributed by atoms with Crippen LogP contribution in [0, 0.1) is 11.8 Å². The third kappa shape index (κ3) is 3.69. The van der Waals surface area contributed by atoms with Crippen LogP contribution in [0.5, 0.6) is 0 Å². The van der Waals surface area contributed by atoms with E-state index in [0.717, 1.165) is 5.69 Å². The van der Waals surface area contributed by atoms with Gasteiger partial charge in [0.1, 0.15) is 11.8 Å². The molecule has 0 aliphatic rings. The zero-order valence-electron chi connectivity index (χ0n) is 9.57. The standard InChI is InChI=1S/C12H16N2O/c1-9(15)5-6-10-7-8-11(14-13-10)12(2,3)4/h7-9,15H,1-4H3/t9-/m1/s1. The van der Waals surface area contributed by atoms with Crippen molar-refractivity contribution >= 4 is 0 Å². The Hall–Kier alpha value is -1.40. The topological polar surface area (TPSA) is 46.0 Å². The number of aliphatic hydroxyl groups is 1. The molecule has 0 aromatic carbocycles. The lowest BCUT2D eigenvalue weighted by atomic mass is 9.92. The molecule has 3 heteroatoms. The van der Waals surface area contributed by atoms with Gasteiger partial charge in [-0.25, -0.2) is 0 Å². The third-order valence-corrected chi connectivity index (χ3v) is 1.84. The summed E-state index contributed by atoms with van der Waals surface area (Å²) in [5.41, 5.74) is 1.53. The Morgan fingerprint density at radius 3 is 2.33 bits per heavy atom. The molecule has 3 nitrogen and oxygen atoms in total. The van der Waals surface area contributed by atoms with Crippen LogP contribution in [0.4, 0.5) is 0 Å². The smallest absolute Gasteiger partial charge is 0.136 e. The Kier molecular flexibility index (Phi) is 3.43. The first-order chi connectivity index (χ1) is 6.89. The van der Waals surface area contributed by atoms with Crippen molar-refractivity contribution in [2.75, 3.05) is 0 Å². The summed E-state index contributed by atoms with van der Waals surface area (Å²) in [6.45, 7) is 7.86. The average molecular weight is 204 g/mol. The molecule has 1 heterocycles. The van der Waals surface area contributed by atoms with Gasteiger partial charge in [-0.2, -0.15) is 5.10 Å². The molecule has 1 aromatic rings. The van der Waals surface area contributed by atoms with Crippen molar-refractivity contribution < 1.29 is 5.11 Å². The van der Waals surface area contributed by atoms with Crippen LogP contribution in [0.1, 0.15) is 39.1 Å². The van der Waals surface area contributed by atoms with Crippen LogP contribution in [-0.4, -0.2) is 21.4 Å². The molecular formula is C12H16N2O. The molecule has 1 atom stereocenters. The predicted octanol–water partition coefficient (Wildman–Crippen LogP) is 1.51. The molecule has 1 N–H and O–H groups in total. The highest BCUT2D eigenvalue weighted by molar-refractivity contribution is 5.28. The Bertz CT molecular complexity index is 377. The molecule has 0 aliphatic heterocycles. The average Bonchev–Trinajstić information content (AvgIpc) is 2.14. The van der Waals surface area contributed by atoms with Gasteiger partial charge in [0.25, 0.3) is 0 Å². The summed E-state index contributed by atoms with van der Waals surface area (Å²) in [5.74, 6) is 5.37. The van der Waals surface area contributed by atoms with Crippen LogP contribution in [0.2, 0.25) is 0 Å². The molecule has 0 bridgehead atoms. The van der Waals surface area contributed by atoms with Crippen molar-refractivity contribution in [3.05, 3.63) is 23.5 Å². The minimum Gasteiger partial charge on any atom is -0.381 e.